The van der Waals surface area contributed by atoms with Gasteiger partial charge in [-0.2, -0.15) is 17.5 Å². The molecule has 0 spiro atoms. The van der Waals surface area contributed by atoms with Gasteiger partial charge in [-0.25, -0.2) is 0 Å². The smallest absolute Gasteiger partial charge is 0.365 e. The number of halogens is 3. The number of anilines is 1. The Labute approximate surface area is 122 Å². The van der Waals surface area contributed by atoms with Crippen LogP contribution in [0, 0.1) is 0 Å². The van der Waals surface area contributed by atoms with Gasteiger partial charge < -0.3 is 5.32 Å². The lowest BCUT2D eigenvalue weighted by molar-refractivity contribution is -0.137. The molecule has 0 saturated carbocycles. The Morgan fingerprint density at radius 1 is 1.10 bits per heavy atom. The largest absolute Gasteiger partial charge is 0.416 e. The van der Waals surface area contributed by atoms with Crippen LogP contribution in [0.1, 0.15) is 11.1 Å². The third-order valence-electron chi connectivity index (χ3n) is 3.02. The molecule has 108 valence electrons. The second-order valence-electron chi connectivity index (χ2n) is 4.45. The van der Waals surface area contributed by atoms with Crippen LogP contribution >= 0.6 is 11.5 Å². The summed E-state index contributed by atoms with van der Waals surface area (Å²) in [6.07, 6.45) is -0.888. The second kappa shape index (κ2) is 5.33. The lowest BCUT2D eigenvalue weighted by atomic mass is 10.1. The van der Waals surface area contributed by atoms with E-state index in [0.29, 0.717) is 6.54 Å². The van der Waals surface area contributed by atoms with E-state index in [2.05, 4.69) is 14.7 Å². The molecular weight excluding hydrogens is 299 g/mol. The number of rotatable bonds is 3. The highest BCUT2D eigenvalue weighted by Crippen LogP contribution is 2.29. The van der Waals surface area contributed by atoms with Crippen LogP contribution in [0.2, 0.25) is 0 Å². The molecule has 0 amide bonds. The lowest BCUT2D eigenvalue weighted by Crippen LogP contribution is -2.05. The summed E-state index contributed by atoms with van der Waals surface area (Å²) >= 11 is 1.33. The molecule has 3 nitrogen and oxygen atoms in total. The van der Waals surface area contributed by atoms with Gasteiger partial charge in [0.1, 0.15) is 5.82 Å². The summed E-state index contributed by atoms with van der Waals surface area (Å²) < 4.78 is 42.7. The number of aromatic nitrogens is 2. The average Bonchev–Trinajstić information content (AvgIpc) is 2.88. The minimum absolute atomic E-state index is 0.416. The monoisotopic (exact) mass is 309 g/mol. The van der Waals surface area contributed by atoms with Gasteiger partial charge >= 0.3 is 6.18 Å². The van der Waals surface area contributed by atoms with E-state index in [9.17, 15) is 13.2 Å². The first-order valence-corrected chi connectivity index (χ1v) is 6.91. The van der Waals surface area contributed by atoms with Crippen molar-refractivity contribution in [3.8, 4) is 0 Å². The van der Waals surface area contributed by atoms with Gasteiger partial charge in [0, 0.05) is 24.3 Å². The molecule has 0 bridgehead atoms. The number of nitrogens with zero attached hydrogens (tertiary/aromatic N) is 2. The molecule has 0 aliphatic heterocycles. The Bertz CT molecular complexity index is 750. The first-order valence-electron chi connectivity index (χ1n) is 6.13. The number of fused-ring (bicyclic) bond motifs is 1. The normalized spacial score (nSPS) is 11.8. The summed E-state index contributed by atoms with van der Waals surface area (Å²) in [5.41, 5.74) is 0.120. The van der Waals surface area contributed by atoms with Crippen molar-refractivity contribution in [2.75, 3.05) is 5.32 Å². The molecule has 0 aliphatic carbocycles. The van der Waals surface area contributed by atoms with E-state index in [-0.39, 0.29) is 0 Å². The van der Waals surface area contributed by atoms with E-state index in [1.165, 1.54) is 23.7 Å². The Kier molecular flexibility index (Phi) is 3.50. The molecule has 0 radical (unpaired) electrons. The van der Waals surface area contributed by atoms with Gasteiger partial charge in [0.15, 0.2) is 0 Å². The molecule has 21 heavy (non-hydrogen) atoms. The molecule has 0 aliphatic rings. The topological polar surface area (TPSA) is 37.8 Å². The fourth-order valence-electron chi connectivity index (χ4n) is 1.92. The second-order valence-corrected chi connectivity index (χ2v) is 5.26. The maximum Gasteiger partial charge on any atom is 0.416 e. The first kappa shape index (κ1) is 13.8. The summed E-state index contributed by atoms with van der Waals surface area (Å²) in [6.45, 7) is 0.416. The van der Waals surface area contributed by atoms with Crippen LogP contribution < -0.4 is 5.32 Å². The van der Waals surface area contributed by atoms with Crippen molar-refractivity contribution >= 4 is 27.4 Å². The molecule has 0 fully saturated rings. The number of hydrogen-bond donors (Lipinski definition) is 1. The molecule has 0 unspecified atom stereocenters. The zero-order chi connectivity index (χ0) is 14.9. The van der Waals surface area contributed by atoms with Gasteiger partial charge in [-0.15, -0.1) is 0 Å². The van der Waals surface area contributed by atoms with E-state index in [1.807, 2.05) is 6.07 Å². The molecular formula is C14H10F3N3S. The quantitative estimate of drug-likeness (QED) is 0.783. The highest BCUT2D eigenvalue weighted by Gasteiger charge is 2.29. The Balaban J connectivity index is 1.73. The number of benzene rings is 1. The summed E-state index contributed by atoms with van der Waals surface area (Å²) in [4.78, 5) is 4.01. The van der Waals surface area contributed by atoms with Crippen LogP contribution in [-0.4, -0.2) is 9.36 Å². The third-order valence-corrected chi connectivity index (χ3v) is 3.81. The van der Waals surface area contributed by atoms with Gasteiger partial charge in [-0.3, -0.25) is 4.98 Å². The highest BCUT2D eigenvalue weighted by atomic mass is 32.1. The van der Waals surface area contributed by atoms with Gasteiger partial charge in [0.05, 0.1) is 10.3 Å². The summed E-state index contributed by atoms with van der Waals surface area (Å²) in [5, 5.41) is 4.09. The third kappa shape index (κ3) is 2.97. The van der Waals surface area contributed by atoms with Crippen molar-refractivity contribution in [3.05, 3.63) is 53.9 Å². The minimum atomic E-state index is -4.30. The van der Waals surface area contributed by atoms with Crippen LogP contribution in [0.15, 0.2) is 42.7 Å². The van der Waals surface area contributed by atoms with E-state index >= 15 is 0 Å². The maximum absolute atomic E-state index is 12.5. The number of alkyl halides is 3. The van der Waals surface area contributed by atoms with Crippen LogP contribution in [0.5, 0.6) is 0 Å². The standard InChI is InChI=1S/C14H10F3N3S/c15-14(16,17)10-3-1-9(2-4-10)7-19-13-11-5-6-18-8-12(11)21-20-13/h1-6,8H,7H2,(H,19,20). The summed E-state index contributed by atoms with van der Waals surface area (Å²) in [7, 11) is 0. The predicted molar refractivity (Wildman–Crippen MR) is 76.2 cm³/mol. The lowest BCUT2D eigenvalue weighted by Gasteiger charge is -2.08. The van der Waals surface area contributed by atoms with Gasteiger partial charge in [-0.05, 0) is 35.3 Å². The van der Waals surface area contributed by atoms with Crippen molar-refractivity contribution in [3.63, 3.8) is 0 Å². The van der Waals surface area contributed by atoms with Crippen molar-refractivity contribution in [2.45, 2.75) is 12.7 Å². The fourth-order valence-corrected chi connectivity index (χ4v) is 2.64. The van der Waals surface area contributed by atoms with Crippen molar-refractivity contribution in [1.82, 2.24) is 9.36 Å². The molecule has 3 rings (SSSR count). The molecule has 0 saturated heterocycles. The van der Waals surface area contributed by atoms with Crippen LogP contribution in [0.4, 0.5) is 19.0 Å². The predicted octanol–water partition coefficient (Wildman–Crippen LogP) is 4.32. The van der Waals surface area contributed by atoms with Crippen molar-refractivity contribution in [1.29, 1.82) is 0 Å². The molecule has 2 aromatic heterocycles. The van der Waals surface area contributed by atoms with Gasteiger partial charge in [0.2, 0.25) is 0 Å². The average molecular weight is 309 g/mol. The van der Waals surface area contributed by atoms with Gasteiger partial charge in [0.25, 0.3) is 0 Å². The van der Waals surface area contributed by atoms with Crippen LogP contribution in [0.25, 0.3) is 10.1 Å². The fraction of sp³-hybridized carbons (Fsp3) is 0.143. The maximum atomic E-state index is 12.5. The van der Waals surface area contributed by atoms with E-state index in [0.717, 1.165) is 33.6 Å². The molecule has 7 heteroatoms. The SMILES string of the molecule is FC(F)(F)c1ccc(CNc2nsc3cnccc23)cc1. The van der Waals surface area contributed by atoms with E-state index < -0.39 is 11.7 Å². The van der Waals surface area contributed by atoms with Gasteiger partial charge in [-0.1, -0.05) is 12.1 Å². The van der Waals surface area contributed by atoms with Crippen LogP contribution in [0.3, 0.4) is 0 Å². The molecule has 1 aromatic carbocycles. The van der Waals surface area contributed by atoms with E-state index in [1.54, 1.807) is 12.4 Å². The number of pyridine rings is 1. The summed E-state index contributed by atoms with van der Waals surface area (Å²) in [5.74, 6) is 0.720. The highest BCUT2D eigenvalue weighted by molar-refractivity contribution is 7.13. The minimum Gasteiger partial charge on any atom is -0.365 e. The molecule has 0 atom stereocenters. The molecule has 3 aromatic rings. The van der Waals surface area contributed by atoms with Crippen LogP contribution in [-0.2, 0) is 12.7 Å². The Hall–Kier alpha value is -2.15. The van der Waals surface area contributed by atoms with Crippen molar-refractivity contribution in [2.24, 2.45) is 0 Å². The zero-order valence-electron chi connectivity index (χ0n) is 10.7. The first-order chi connectivity index (χ1) is 10.0. The Morgan fingerprint density at radius 3 is 2.57 bits per heavy atom. The number of nitrogens with one attached hydrogen (secondary N) is 1. The molecule has 2 heterocycles. The molecule has 1 N–H and O–H groups in total. The Morgan fingerprint density at radius 2 is 1.86 bits per heavy atom. The van der Waals surface area contributed by atoms with E-state index in [4.69, 9.17) is 0 Å². The number of hydrogen-bond acceptors (Lipinski definition) is 4. The zero-order valence-corrected chi connectivity index (χ0v) is 11.5. The van der Waals surface area contributed by atoms with Crippen molar-refractivity contribution < 1.29 is 13.2 Å². The summed E-state index contributed by atoms with van der Waals surface area (Å²) in [6, 6.07) is 6.95.